The zero-order valence-corrected chi connectivity index (χ0v) is 14.3. The van der Waals surface area contributed by atoms with E-state index < -0.39 is 0 Å². The summed E-state index contributed by atoms with van der Waals surface area (Å²) in [4.78, 5) is 2.67. The van der Waals surface area contributed by atoms with Gasteiger partial charge in [0.1, 0.15) is 0 Å². The van der Waals surface area contributed by atoms with Crippen molar-refractivity contribution in [3.63, 3.8) is 0 Å². The van der Waals surface area contributed by atoms with Crippen molar-refractivity contribution in [1.29, 1.82) is 0 Å². The first-order chi connectivity index (χ1) is 8.97. The lowest BCUT2D eigenvalue weighted by Gasteiger charge is -2.34. The van der Waals surface area contributed by atoms with Gasteiger partial charge in [-0.15, -0.1) is 0 Å². The molecule has 0 aromatic rings. The van der Waals surface area contributed by atoms with E-state index in [-0.39, 0.29) is 0 Å². The third kappa shape index (κ3) is 6.50. The highest BCUT2D eigenvalue weighted by Gasteiger charge is 2.24. The molecule has 2 atom stereocenters. The molecule has 1 heterocycles. The van der Waals surface area contributed by atoms with Crippen molar-refractivity contribution in [2.24, 2.45) is 17.1 Å². The Balaban J connectivity index is 2.27. The molecule has 0 aromatic heterocycles. The Morgan fingerprint density at radius 2 is 2.05 bits per heavy atom. The van der Waals surface area contributed by atoms with E-state index in [4.69, 9.17) is 5.73 Å². The zero-order valence-electron chi connectivity index (χ0n) is 13.5. The second-order valence-electron chi connectivity index (χ2n) is 6.98. The highest BCUT2D eigenvalue weighted by Crippen LogP contribution is 2.32. The van der Waals surface area contributed by atoms with Gasteiger partial charge >= 0.3 is 0 Å². The predicted molar refractivity (Wildman–Crippen MR) is 88.8 cm³/mol. The third-order valence-electron chi connectivity index (χ3n) is 4.45. The molecule has 1 saturated heterocycles. The molecule has 19 heavy (non-hydrogen) atoms. The lowest BCUT2D eigenvalue weighted by Crippen LogP contribution is -2.38. The van der Waals surface area contributed by atoms with Crippen LogP contribution in [0.2, 0.25) is 0 Å². The summed E-state index contributed by atoms with van der Waals surface area (Å²) in [5, 5.41) is 0.871. The summed E-state index contributed by atoms with van der Waals surface area (Å²) in [5.41, 5.74) is 6.17. The summed E-state index contributed by atoms with van der Waals surface area (Å²) < 4.78 is 0. The summed E-state index contributed by atoms with van der Waals surface area (Å²) in [5.74, 6) is 2.10. The van der Waals surface area contributed by atoms with Crippen molar-refractivity contribution in [2.75, 3.05) is 31.9 Å². The standard InChI is InChI=1S/C16H34N2S/c1-5-15-13-18(11-12-19-15)10-6-7-14(8-9-17)16(2,3)4/h14-15H,5-13,17H2,1-4H3. The van der Waals surface area contributed by atoms with Gasteiger partial charge in [0.05, 0.1) is 0 Å². The maximum Gasteiger partial charge on any atom is 0.0172 e. The fourth-order valence-electron chi connectivity index (χ4n) is 3.00. The predicted octanol–water partition coefficient (Wildman–Crippen LogP) is 3.61. The fraction of sp³-hybridized carbons (Fsp3) is 1.00. The molecule has 2 nitrogen and oxygen atoms in total. The molecule has 0 aromatic carbocycles. The van der Waals surface area contributed by atoms with E-state index in [2.05, 4.69) is 44.4 Å². The number of rotatable bonds is 7. The minimum atomic E-state index is 0.406. The van der Waals surface area contributed by atoms with Gasteiger partial charge in [0.25, 0.3) is 0 Å². The van der Waals surface area contributed by atoms with Gasteiger partial charge in [-0.05, 0) is 50.1 Å². The highest BCUT2D eigenvalue weighted by atomic mass is 32.2. The highest BCUT2D eigenvalue weighted by molar-refractivity contribution is 8.00. The minimum absolute atomic E-state index is 0.406. The summed E-state index contributed by atoms with van der Waals surface area (Å²) in [7, 11) is 0. The van der Waals surface area contributed by atoms with Gasteiger partial charge in [0.15, 0.2) is 0 Å². The lowest BCUT2D eigenvalue weighted by atomic mass is 9.76. The molecule has 1 aliphatic rings. The van der Waals surface area contributed by atoms with Crippen LogP contribution in [0.25, 0.3) is 0 Å². The first-order valence-electron chi connectivity index (χ1n) is 8.01. The molecule has 2 unspecified atom stereocenters. The maximum absolute atomic E-state index is 5.76. The molecule has 1 rings (SSSR count). The van der Waals surface area contributed by atoms with E-state index in [1.165, 1.54) is 51.1 Å². The molecule has 3 heteroatoms. The Morgan fingerprint density at radius 3 is 2.63 bits per heavy atom. The number of hydrogen-bond acceptors (Lipinski definition) is 3. The molecule has 0 saturated carbocycles. The van der Waals surface area contributed by atoms with Crippen LogP contribution in [0.1, 0.15) is 53.4 Å². The normalized spacial score (nSPS) is 23.5. The zero-order chi connectivity index (χ0) is 14.3. The van der Waals surface area contributed by atoms with Crippen LogP contribution >= 0.6 is 11.8 Å². The molecule has 0 spiro atoms. The molecular formula is C16H34N2S. The second-order valence-corrected chi connectivity index (χ2v) is 8.39. The van der Waals surface area contributed by atoms with Gasteiger partial charge in [0, 0.05) is 24.1 Å². The molecule has 0 bridgehead atoms. The summed E-state index contributed by atoms with van der Waals surface area (Å²) in [6, 6.07) is 0. The average molecular weight is 287 g/mol. The Bertz CT molecular complexity index is 237. The molecule has 2 N–H and O–H groups in total. The number of nitrogens with zero attached hydrogens (tertiary/aromatic N) is 1. The van der Waals surface area contributed by atoms with Gasteiger partial charge in [-0.25, -0.2) is 0 Å². The first-order valence-corrected chi connectivity index (χ1v) is 9.06. The molecule has 0 aliphatic carbocycles. The minimum Gasteiger partial charge on any atom is -0.330 e. The lowest BCUT2D eigenvalue weighted by molar-refractivity contribution is 0.194. The van der Waals surface area contributed by atoms with Crippen molar-refractivity contribution in [1.82, 2.24) is 4.90 Å². The van der Waals surface area contributed by atoms with Crippen LogP contribution in [0.15, 0.2) is 0 Å². The van der Waals surface area contributed by atoms with Gasteiger partial charge in [0.2, 0.25) is 0 Å². The molecule has 114 valence electrons. The van der Waals surface area contributed by atoms with Crippen molar-refractivity contribution in [3.05, 3.63) is 0 Å². The van der Waals surface area contributed by atoms with E-state index in [1.807, 2.05) is 0 Å². The number of nitrogens with two attached hydrogens (primary N) is 1. The smallest absolute Gasteiger partial charge is 0.0172 e. The van der Waals surface area contributed by atoms with Crippen LogP contribution in [-0.4, -0.2) is 42.1 Å². The molecule has 0 amide bonds. The van der Waals surface area contributed by atoms with E-state index >= 15 is 0 Å². The average Bonchev–Trinajstić information content (AvgIpc) is 2.37. The summed E-state index contributed by atoms with van der Waals surface area (Å²) >= 11 is 2.16. The quantitative estimate of drug-likeness (QED) is 0.775. The SMILES string of the molecule is CCC1CN(CCCC(CCN)C(C)(C)C)CCS1. The fourth-order valence-corrected chi connectivity index (χ4v) is 4.25. The van der Waals surface area contributed by atoms with Crippen molar-refractivity contribution >= 4 is 11.8 Å². The molecule has 1 aliphatic heterocycles. The Hall–Kier alpha value is 0.270. The van der Waals surface area contributed by atoms with Gasteiger partial charge in [-0.1, -0.05) is 27.7 Å². The summed E-state index contributed by atoms with van der Waals surface area (Å²) in [6.07, 6.45) is 5.17. The summed E-state index contributed by atoms with van der Waals surface area (Å²) in [6.45, 7) is 14.1. The molecular weight excluding hydrogens is 252 g/mol. The molecule has 1 fully saturated rings. The van der Waals surface area contributed by atoms with Gasteiger partial charge in [-0.2, -0.15) is 11.8 Å². The largest absolute Gasteiger partial charge is 0.330 e. The van der Waals surface area contributed by atoms with Crippen LogP contribution in [-0.2, 0) is 0 Å². The van der Waals surface area contributed by atoms with Crippen LogP contribution in [0.3, 0.4) is 0 Å². The van der Waals surface area contributed by atoms with E-state index in [0.29, 0.717) is 5.41 Å². The molecule has 0 radical (unpaired) electrons. The van der Waals surface area contributed by atoms with Crippen LogP contribution in [0.4, 0.5) is 0 Å². The first kappa shape index (κ1) is 17.3. The van der Waals surface area contributed by atoms with Crippen LogP contribution < -0.4 is 5.73 Å². The number of thioether (sulfide) groups is 1. The number of hydrogen-bond donors (Lipinski definition) is 1. The van der Waals surface area contributed by atoms with Crippen molar-refractivity contribution in [2.45, 2.75) is 58.6 Å². The monoisotopic (exact) mass is 286 g/mol. The van der Waals surface area contributed by atoms with Gasteiger partial charge in [-0.3, -0.25) is 0 Å². The van der Waals surface area contributed by atoms with Crippen LogP contribution in [0.5, 0.6) is 0 Å². The Morgan fingerprint density at radius 1 is 1.32 bits per heavy atom. The van der Waals surface area contributed by atoms with Crippen molar-refractivity contribution < 1.29 is 0 Å². The van der Waals surface area contributed by atoms with Crippen molar-refractivity contribution in [3.8, 4) is 0 Å². The van der Waals surface area contributed by atoms with Gasteiger partial charge < -0.3 is 10.6 Å². The van der Waals surface area contributed by atoms with E-state index in [9.17, 15) is 0 Å². The topological polar surface area (TPSA) is 29.3 Å². The second kappa shape index (κ2) is 8.53. The third-order valence-corrected chi connectivity index (χ3v) is 5.82. The Kier molecular flexibility index (Phi) is 7.78. The van der Waals surface area contributed by atoms with E-state index in [1.54, 1.807) is 0 Å². The van der Waals surface area contributed by atoms with E-state index in [0.717, 1.165) is 17.7 Å². The van der Waals surface area contributed by atoms with Crippen LogP contribution in [0, 0.1) is 11.3 Å². The Labute approximate surface area is 124 Å². The maximum atomic E-state index is 5.76.